The number of rotatable bonds is 4. The van der Waals surface area contributed by atoms with Gasteiger partial charge >= 0.3 is 6.09 Å². The number of piperazine rings is 1. The Balaban J connectivity index is 1.76. The normalized spacial score (nSPS) is 25.4. The molecule has 5 nitrogen and oxygen atoms in total. The van der Waals surface area contributed by atoms with Crippen LogP contribution in [0.5, 0.6) is 0 Å². The summed E-state index contributed by atoms with van der Waals surface area (Å²) in [4.78, 5) is 17.3. The third-order valence-electron chi connectivity index (χ3n) is 7.00. The number of amides is 1. The molecule has 2 atom stereocenters. The van der Waals surface area contributed by atoms with Crippen LogP contribution in [0.1, 0.15) is 59.9 Å². The van der Waals surface area contributed by atoms with Gasteiger partial charge in [0.1, 0.15) is 5.60 Å². The van der Waals surface area contributed by atoms with Gasteiger partial charge in [-0.25, -0.2) is 4.79 Å². The quantitative estimate of drug-likeness (QED) is 0.560. The Kier molecular flexibility index (Phi) is 6.95. The molecule has 2 saturated heterocycles. The SMILES string of the molecule is CC(C)(C)OC(=O)N1CC2CC(O[Si](C)(C)C(C)(C)C)CC(C1)N2Cc1ccccc1. The van der Waals surface area contributed by atoms with Gasteiger partial charge in [0, 0.05) is 37.8 Å². The summed E-state index contributed by atoms with van der Waals surface area (Å²) in [5.74, 6) is 0. The first-order chi connectivity index (χ1) is 14.2. The summed E-state index contributed by atoms with van der Waals surface area (Å²) in [6.07, 6.45) is 2.01. The second kappa shape index (κ2) is 8.87. The van der Waals surface area contributed by atoms with Crippen molar-refractivity contribution in [2.45, 2.75) is 103 Å². The van der Waals surface area contributed by atoms with Crippen LogP contribution in [0, 0.1) is 0 Å². The molecule has 2 aliphatic rings. The van der Waals surface area contributed by atoms with Gasteiger partial charge in [-0.1, -0.05) is 51.1 Å². The van der Waals surface area contributed by atoms with E-state index in [2.05, 4.69) is 69.1 Å². The Hall–Kier alpha value is -1.37. The summed E-state index contributed by atoms with van der Waals surface area (Å²) in [5, 5.41) is 0.200. The Morgan fingerprint density at radius 1 is 1.00 bits per heavy atom. The molecule has 0 N–H and O–H groups in total. The molecule has 0 saturated carbocycles. The first kappa shape index (κ1) is 24.3. The molecule has 0 aromatic heterocycles. The zero-order chi connectivity index (χ0) is 23.0. The van der Waals surface area contributed by atoms with E-state index in [0.29, 0.717) is 13.1 Å². The molecule has 2 aliphatic heterocycles. The molecule has 1 aromatic carbocycles. The molecule has 2 fully saturated rings. The number of carbonyl (C=O) groups is 1. The minimum atomic E-state index is -1.83. The molecule has 0 spiro atoms. The fourth-order valence-corrected chi connectivity index (χ4v) is 5.81. The average molecular weight is 447 g/mol. The molecular formula is C25H42N2O3Si. The zero-order valence-electron chi connectivity index (χ0n) is 20.8. The zero-order valence-corrected chi connectivity index (χ0v) is 21.8. The van der Waals surface area contributed by atoms with Gasteiger partial charge in [-0.3, -0.25) is 4.90 Å². The van der Waals surface area contributed by atoms with Crippen LogP contribution < -0.4 is 0 Å². The van der Waals surface area contributed by atoms with E-state index in [-0.39, 0.29) is 29.3 Å². The lowest BCUT2D eigenvalue weighted by atomic mass is 9.88. The first-order valence-corrected chi connectivity index (χ1v) is 14.6. The minimum absolute atomic E-state index is 0.189. The first-order valence-electron chi connectivity index (χ1n) is 11.7. The van der Waals surface area contributed by atoms with Crippen molar-refractivity contribution in [2.24, 2.45) is 0 Å². The van der Waals surface area contributed by atoms with Crippen LogP contribution in [0.2, 0.25) is 18.1 Å². The van der Waals surface area contributed by atoms with E-state index in [0.717, 1.165) is 19.4 Å². The molecule has 2 heterocycles. The van der Waals surface area contributed by atoms with Crippen molar-refractivity contribution in [3.8, 4) is 0 Å². The number of hydrogen-bond acceptors (Lipinski definition) is 4. The molecule has 2 bridgehead atoms. The van der Waals surface area contributed by atoms with E-state index in [1.807, 2.05) is 25.7 Å². The average Bonchev–Trinajstić information content (AvgIpc) is 2.60. The predicted octanol–water partition coefficient (Wildman–Crippen LogP) is 5.66. The van der Waals surface area contributed by atoms with Gasteiger partial charge in [0.25, 0.3) is 0 Å². The molecule has 0 radical (unpaired) electrons. The van der Waals surface area contributed by atoms with Gasteiger partial charge in [0.2, 0.25) is 0 Å². The second-order valence-corrected chi connectivity index (χ2v) is 16.6. The fourth-order valence-electron chi connectivity index (χ4n) is 4.43. The maximum Gasteiger partial charge on any atom is 0.410 e. The molecule has 6 heteroatoms. The number of ether oxygens (including phenoxy) is 1. The van der Waals surface area contributed by atoms with Crippen molar-refractivity contribution >= 4 is 14.4 Å². The molecule has 31 heavy (non-hydrogen) atoms. The third kappa shape index (κ3) is 6.11. The van der Waals surface area contributed by atoms with Gasteiger partial charge in [-0.05, 0) is 57.3 Å². The van der Waals surface area contributed by atoms with E-state index < -0.39 is 13.9 Å². The summed E-state index contributed by atoms with van der Waals surface area (Å²) in [6.45, 7) is 19.7. The van der Waals surface area contributed by atoms with Gasteiger partial charge in [0.05, 0.1) is 0 Å². The number of fused-ring (bicyclic) bond motifs is 2. The van der Waals surface area contributed by atoms with Crippen LogP contribution in [0.4, 0.5) is 4.79 Å². The lowest BCUT2D eigenvalue weighted by molar-refractivity contribution is -0.0628. The molecule has 1 amide bonds. The summed E-state index contributed by atoms with van der Waals surface area (Å²) in [6, 6.07) is 11.2. The van der Waals surface area contributed by atoms with Gasteiger partial charge in [-0.2, -0.15) is 0 Å². The molecule has 0 aliphatic carbocycles. The van der Waals surface area contributed by atoms with Crippen molar-refractivity contribution in [3.63, 3.8) is 0 Å². The lowest BCUT2D eigenvalue weighted by Crippen LogP contribution is -2.65. The van der Waals surface area contributed by atoms with E-state index in [9.17, 15) is 4.79 Å². The maximum atomic E-state index is 12.8. The Morgan fingerprint density at radius 2 is 1.55 bits per heavy atom. The molecule has 1 aromatic rings. The van der Waals surface area contributed by atoms with Crippen molar-refractivity contribution in [2.75, 3.05) is 13.1 Å². The maximum absolute atomic E-state index is 12.8. The standard InChI is InChI=1S/C25H42N2O3Si/c1-24(2,3)29-23(28)26-17-20-14-22(30-31(7,8)25(4,5)6)15-21(18-26)27(20)16-19-12-10-9-11-13-19/h9-13,20-22H,14-18H2,1-8H3. The van der Waals surface area contributed by atoms with E-state index in [4.69, 9.17) is 9.16 Å². The van der Waals surface area contributed by atoms with Crippen LogP contribution in [0.25, 0.3) is 0 Å². The van der Waals surface area contributed by atoms with Crippen molar-refractivity contribution < 1.29 is 14.0 Å². The Labute approximate surface area is 190 Å². The van der Waals surface area contributed by atoms with Gasteiger partial charge in [-0.15, -0.1) is 0 Å². The summed E-state index contributed by atoms with van der Waals surface area (Å²) >= 11 is 0. The summed E-state index contributed by atoms with van der Waals surface area (Å²) in [5.41, 5.74) is 0.855. The minimum Gasteiger partial charge on any atom is -0.444 e. The molecule has 2 unspecified atom stereocenters. The number of hydrogen-bond donors (Lipinski definition) is 0. The highest BCUT2D eigenvalue weighted by atomic mass is 28.4. The van der Waals surface area contributed by atoms with Crippen LogP contribution in [0.15, 0.2) is 30.3 Å². The lowest BCUT2D eigenvalue weighted by Gasteiger charge is -2.53. The number of nitrogens with zero attached hydrogens (tertiary/aromatic N) is 2. The summed E-state index contributed by atoms with van der Waals surface area (Å²) < 4.78 is 12.5. The van der Waals surface area contributed by atoms with E-state index in [1.165, 1.54) is 5.56 Å². The van der Waals surface area contributed by atoms with Crippen molar-refractivity contribution in [1.82, 2.24) is 9.80 Å². The highest BCUT2D eigenvalue weighted by molar-refractivity contribution is 6.74. The number of carbonyl (C=O) groups excluding carboxylic acids is 1. The predicted molar refractivity (Wildman–Crippen MR) is 129 cm³/mol. The van der Waals surface area contributed by atoms with Gasteiger partial charge in [0.15, 0.2) is 8.32 Å². The monoisotopic (exact) mass is 446 g/mol. The smallest absolute Gasteiger partial charge is 0.410 e. The fraction of sp³-hybridized carbons (Fsp3) is 0.720. The van der Waals surface area contributed by atoms with Crippen LogP contribution >= 0.6 is 0 Å². The second-order valence-electron chi connectivity index (χ2n) is 11.8. The number of likely N-dealkylation sites (tertiary alicyclic amines) is 1. The topological polar surface area (TPSA) is 42.0 Å². The highest BCUT2D eigenvalue weighted by Crippen LogP contribution is 2.40. The van der Waals surface area contributed by atoms with Crippen LogP contribution in [-0.2, 0) is 15.7 Å². The van der Waals surface area contributed by atoms with Gasteiger partial charge < -0.3 is 14.1 Å². The molecular weight excluding hydrogens is 404 g/mol. The Morgan fingerprint density at radius 3 is 2.03 bits per heavy atom. The number of piperidine rings is 1. The van der Waals surface area contributed by atoms with E-state index >= 15 is 0 Å². The van der Waals surface area contributed by atoms with Crippen molar-refractivity contribution in [3.05, 3.63) is 35.9 Å². The Bertz CT molecular complexity index is 738. The summed E-state index contributed by atoms with van der Waals surface area (Å²) in [7, 11) is -1.83. The third-order valence-corrected chi connectivity index (χ3v) is 11.5. The van der Waals surface area contributed by atoms with Crippen LogP contribution in [0.3, 0.4) is 0 Å². The van der Waals surface area contributed by atoms with Crippen LogP contribution in [-0.4, -0.2) is 61.1 Å². The van der Waals surface area contributed by atoms with Crippen molar-refractivity contribution in [1.29, 1.82) is 0 Å². The number of benzene rings is 1. The van der Waals surface area contributed by atoms with E-state index in [1.54, 1.807) is 0 Å². The highest BCUT2D eigenvalue weighted by Gasteiger charge is 2.46. The molecule has 174 valence electrons. The largest absolute Gasteiger partial charge is 0.444 e. The molecule has 3 rings (SSSR count).